The number of nitrogens with one attached hydrogen (secondary N) is 1. The van der Waals surface area contributed by atoms with Crippen LogP contribution in [0.2, 0.25) is 0 Å². The monoisotopic (exact) mass is 350 g/mol. The lowest BCUT2D eigenvalue weighted by Gasteiger charge is -2.26. The summed E-state index contributed by atoms with van der Waals surface area (Å²) in [6, 6.07) is 4.57. The molecule has 1 N–H and O–H groups in total. The van der Waals surface area contributed by atoms with E-state index in [2.05, 4.69) is 15.3 Å². The number of halogens is 3. The molecule has 1 aliphatic heterocycles. The van der Waals surface area contributed by atoms with Crippen LogP contribution in [0.1, 0.15) is 35.2 Å². The first kappa shape index (κ1) is 17.2. The topological polar surface area (TPSA) is 58.1 Å². The molecular weight excluding hydrogens is 333 g/mol. The van der Waals surface area contributed by atoms with Gasteiger partial charge in [-0.25, -0.2) is 9.97 Å². The zero-order valence-electron chi connectivity index (χ0n) is 13.4. The largest absolute Gasteiger partial charge is 0.416 e. The van der Waals surface area contributed by atoms with Crippen molar-refractivity contribution in [2.24, 2.45) is 0 Å². The molecule has 2 aromatic rings. The predicted molar refractivity (Wildman–Crippen MR) is 86.5 cm³/mol. The highest BCUT2D eigenvalue weighted by molar-refractivity contribution is 5.93. The summed E-state index contributed by atoms with van der Waals surface area (Å²) in [5.41, 5.74) is 0.115. The van der Waals surface area contributed by atoms with E-state index in [0.717, 1.165) is 44.5 Å². The van der Waals surface area contributed by atoms with Gasteiger partial charge >= 0.3 is 6.18 Å². The van der Waals surface area contributed by atoms with E-state index in [1.807, 2.05) is 0 Å². The number of hydrogen-bond acceptors (Lipinski definition) is 4. The molecular formula is C17H17F3N4O. The molecule has 0 radical (unpaired) electrons. The minimum atomic E-state index is -4.37. The van der Waals surface area contributed by atoms with Gasteiger partial charge in [0.15, 0.2) is 0 Å². The van der Waals surface area contributed by atoms with Crippen LogP contribution in [0.3, 0.4) is 0 Å². The third kappa shape index (κ3) is 4.26. The fourth-order valence-corrected chi connectivity index (χ4v) is 2.65. The third-order valence-corrected chi connectivity index (χ3v) is 4.01. The summed E-state index contributed by atoms with van der Waals surface area (Å²) in [7, 11) is 0. The van der Waals surface area contributed by atoms with Crippen LogP contribution in [0.4, 0.5) is 24.8 Å². The van der Waals surface area contributed by atoms with Gasteiger partial charge in [-0.2, -0.15) is 13.2 Å². The Morgan fingerprint density at radius 3 is 2.16 bits per heavy atom. The van der Waals surface area contributed by atoms with Crippen LogP contribution in [0.5, 0.6) is 0 Å². The fourth-order valence-electron chi connectivity index (χ4n) is 2.65. The highest BCUT2D eigenvalue weighted by Gasteiger charge is 2.29. The number of amides is 1. The summed E-state index contributed by atoms with van der Waals surface area (Å²) in [5, 5.41) is 2.81. The second-order valence-electron chi connectivity index (χ2n) is 5.85. The van der Waals surface area contributed by atoms with E-state index >= 15 is 0 Å². The van der Waals surface area contributed by atoms with Crippen LogP contribution in [0.15, 0.2) is 36.7 Å². The maximum atomic E-state index is 12.5. The summed E-state index contributed by atoms with van der Waals surface area (Å²) in [6.07, 6.45) is 1.62. The predicted octanol–water partition coefficient (Wildman–Crippen LogP) is 3.87. The van der Waals surface area contributed by atoms with Gasteiger partial charge in [0.1, 0.15) is 0 Å². The van der Waals surface area contributed by atoms with Gasteiger partial charge in [-0.05, 0) is 43.5 Å². The van der Waals surface area contributed by atoms with E-state index in [4.69, 9.17) is 0 Å². The van der Waals surface area contributed by atoms with E-state index < -0.39 is 11.7 Å². The van der Waals surface area contributed by atoms with E-state index in [9.17, 15) is 18.0 Å². The highest BCUT2D eigenvalue weighted by atomic mass is 19.4. The molecule has 0 unspecified atom stereocenters. The third-order valence-electron chi connectivity index (χ3n) is 4.01. The lowest BCUT2D eigenvalue weighted by atomic mass is 10.1. The van der Waals surface area contributed by atoms with E-state index in [-0.39, 0.29) is 11.9 Å². The summed E-state index contributed by atoms with van der Waals surface area (Å²) in [6.45, 7) is 1.48. The van der Waals surface area contributed by atoms with Crippen molar-refractivity contribution >= 4 is 17.5 Å². The average Bonchev–Trinajstić information content (AvgIpc) is 2.62. The lowest BCUT2D eigenvalue weighted by Crippen LogP contribution is -2.35. The number of rotatable bonds is 3. The van der Waals surface area contributed by atoms with Gasteiger partial charge in [-0.1, -0.05) is 0 Å². The highest BCUT2D eigenvalue weighted by Crippen LogP contribution is 2.30. The van der Waals surface area contributed by atoms with Gasteiger partial charge in [-0.15, -0.1) is 0 Å². The number of nitrogens with zero attached hydrogens (tertiary/aromatic N) is 3. The van der Waals surface area contributed by atoms with Crippen LogP contribution in [0.25, 0.3) is 0 Å². The molecule has 1 amide bonds. The molecule has 0 aliphatic carbocycles. The van der Waals surface area contributed by atoms with E-state index in [1.54, 1.807) is 4.90 Å². The molecule has 3 rings (SSSR count). The molecule has 0 saturated carbocycles. The number of likely N-dealkylation sites (tertiary alicyclic amines) is 1. The van der Waals surface area contributed by atoms with Crippen molar-refractivity contribution in [3.8, 4) is 0 Å². The molecule has 25 heavy (non-hydrogen) atoms. The first-order chi connectivity index (χ1) is 11.9. The number of carbonyl (C=O) groups excluding carboxylic acids is 1. The average molecular weight is 350 g/mol. The Morgan fingerprint density at radius 1 is 1.00 bits per heavy atom. The maximum absolute atomic E-state index is 12.5. The first-order valence-electron chi connectivity index (χ1n) is 7.99. The van der Waals surface area contributed by atoms with Gasteiger partial charge in [0, 0.05) is 31.2 Å². The second-order valence-corrected chi connectivity index (χ2v) is 5.85. The van der Waals surface area contributed by atoms with Crippen molar-refractivity contribution in [2.75, 3.05) is 18.4 Å². The summed E-state index contributed by atoms with van der Waals surface area (Å²) < 4.78 is 37.6. The van der Waals surface area contributed by atoms with Crippen molar-refractivity contribution in [1.29, 1.82) is 0 Å². The molecule has 0 atom stereocenters. The van der Waals surface area contributed by atoms with Crippen molar-refractivity contribution < 1.29 is 18.0 Å². The second kappa shape index (κ2) is 7.08. The number of carbonyl (C=O) groups is 1. The first-order valence-corrected chi connectivity index (χ1v) is 7.99. The number of aromatic nitrogens is 2. The molecule has 0 bridgehead atoms. The van der Waals surface area contributed by atoms with Crippen molar-refractivity contribution in [3.63, 3.8) is 0 Å². The zero-order valence-corrected chi connectivity index (χ0v) is 13.4. The van der Waals surface area contributed by atoms with Crippen LogP contribution in [-0.2, 0) is 6.18 Å². The SMILES string of the molecule is O=C(c1cnc(Nc2ccc(C(F)(F)F)cc2)nc1)N1CCCCC1. The van der Waals surface area contributed by atoms with Crippen LogP contribution in [0, 0.1) is 0 Å². The van der Waals surface area contributed by atoms with Gasteiger partial charge in [0.05, 0.1) is 11.1 Å². The Labute approximate surface area is 142 Å². The summed E-state index contributed by atoms with van der Waals surface area (Å²) in [4.78, 5) is 22.2. The zero-order chi connectivity index (χ0) is 17.9. The summed E-state index contributed by atoms with van der Waals surface area (Å²) in [5.74, 6) is 0.121. The van der Waals surface area contributed by atoms with Gasteiger partial charge in [0.2, 0.25) is 5.95 Å². The van der Waals surface area contributed by atoms with Crippen molar-refractivity contribution in [1.82, 2.24) is 14.9 Å². The quantitative estimate of drug-likeness (QED) is 0.913. The Hall–Kier alpha value is -2.64. The van der Waals surface area contributed by atoms with Crippen LogP contribution >= 0.6 is 0 Å². The van der Waals surface area contributed by atoms with E-state index in [1.165, 1.54) is 24.5 Å². The fraction of sp³-hybridized carbons (Fsp3) is 0.353. The smallest absolute Gasteiger partial charge is 0.339 e. The van der Waals surface area contributed by atoms with Crippen LogP contribution < -0.4 is 5.32 Å². The number of anilines is 2. The Kier molecular flexibility index (Phi) is 4.87. The molecule has 1 fully saturated rings. The van der Waals surface area contributed by atoms with Crippen LogP contribution in [-0.4, -0.2) is 33.9 Å². The number of piperidine rings is 1. The van der Waals surface area contributed by atoms with Gasteiger partial charge < -0.3 is 10.2 Å². The number of hydrogen-bond donors (Lipinski definition) is 1. The van der Waals surface area contributed by atoms with Crippen molar-refractivity contribution in [2.45, 2.75) is 25.4 Å². The molecule has 1 aromatic heterocycles. The van der Waals surface area contributed by atoms with Gasteiger partial charge in [0.25, 0.3) is 5.91 Å². The molecule has 8 heteroatoms. The van der Waals surface area contributed by atoms with E-state index in [0.29, 0.717) is 11.3 Å². The molecule has 2 heterocycles. The number of benzene rings is 1. The Balaban J connectivity index is 1.65. The molecule has 1 aromatic carbocycles. The van der Waals surface area contributed by atoms with Crippen molar-refractivity contribution in [3.05, 3.63) is 47.8 Å². The minimum absolute atomic E-state index is 0.0965. The standard InChI is InChI=1S/C17H17F3N4O/c18-17(19,20)13-4-6-14(7-5-13)23-16-21-10-12(11-22-16)15(25)24-8-2-1-3-9-24/h4-7,10-11H,1-3,8-9H2,(H,21,22,23). The lowest BCUT2D eigenvalue weighted by molar-refractivity contribution is -0.137. The molecule has 1 aliphatic rings. The normalized spacial score (nSPS) is 15.1. The number of alkyl halides is 3. The Bertz CT molecular complexity index is 723. The molecule has 132 valence electrons. The maximum Gasteiger partial charge on any atom is 0.416 e. The summed E-state index contributed by atoms with van der Waals surface area (Å²) >= 11 is 0. The molecule has 1 saturated heterocycles. The Morgan fingerprint density at radius 2 is 1.60 bits per heavy atom. The molecule has 5 nitrogen and oxygen atoms in total. The molecule has 0 spiro atoms. The minimum Gasteiger partial charge on any atom is -0.339 e. The van der Waals surface area contributed by atoms with Gasteiger partial charge in [-0.3, -0.25) is 4.79 Å².